The maximum atomic E-state index is 6.28. The fourth-order valence-electron chi connectivity index (χ4n) is 8.01. The van der Waals surface area contributed by atoms with Crippen LogP contribution in [0.1, 0.15) is 0 Å². The molecule has 8 heteroatoms. The lowest BCUT2D eigenvalue weighted by atomic mass is 10.0. The topological polar surface area (TPSA) is 77.6 Å². The molecule has 0 bridgehead atoms. The minimum absolute atomic E-state index is 0.589. The van der Waals surface area contributed by atoms with Gasteiger partial charge in [0.2, 0.25) is 0 Å². The summed E-state index contributed by atoms with van der Waals surface area (Å²) in [5.74, 6) is 2.51. The van der Waals surface area contributed by atoms with Crippen molar-refractivity contribution in [2.75, 3.05) is 0 Å². The van der Waals surface area contributed by atoms with Crippen LogP contribution in [0, 0.1) is 0 Å². The van der Waals surface area contributed by atoms with Crippen LogP contribution in [0.4, 0.5) is 0 Å². The minimum atomic E-state index is 0.589. The van der Waals surface area contributed by atoms with Gasteiger partial charge in [0.05, 0.1) is 15.9 Å². The summed E-state index contributed by atoms with van der Waals surface area (Å²) in [5, 5.41) is 5.35. The van der Waals surface area contributed by atoms with Crippen molar-refractivity contribution in [2.24, 2.45) is 0 Å². The predicted molar refractivity (Wildman–Crippen MR) is 236 cm³/mol. The van der Waals surface area contributed by atoms with Crippen molar-refractivity contribution in [3.8, 4) is 56.8 Å². The Bertz CT molecular complexity index is 3540. The van der Waals surface area contributed by atoms with Gasteiger partial charge in [-0.15, -0.1) is 22.7 Å². The minimum Gasteiger partial charge on any atom is -0.456 e. The standard InChI is InChI=1S/C49H27N5OS2/c1-3-14-28(15-4-1)42-45-43(31-19-8-10-26-38(31)56-45)51-49(50-42)35-23-11-20-32-41-34(22-13-27-39(41)57-44(32)35)48-53-46(29-16-5-2-6-17-29)52-47(54-48)33-21-12-25-37-40(33)30-18-7-9-24-36(30)55-37/h1-27H. The Morgan fingerprint density at radius 1 is 0.351 bits per heavy atom. The zero-order valence-electron chi connectivity index (χ0n) is 30.0. The summed E-state index contributed by atoms with van der Waals surface area (Å²) in [6.45, 7) is 0. The van der Waals surface area contributed by atoms with Gasteiger partial charge in [-0.3, -0.25) is 0 Å². The number of benzene rings is 7. The van der Waals surface area contributed by atoms with E-state index in [1.165, 1.54) is 4.70 Å². The number of furan rings is 1. The molecule has 5 heterocycles. The maximum Gasteiger partial charge on any atom is 0.164 e. The molecule has 0 unspecified atom stereocenters. The summed E-state index contributed by atoms with van der Waals surface area (Å²) in [7, 11) is 0. The Morgan fingerprint density at radius 2 is 0.912 bits per heavy atom. The van der Waals surface area contributed by atoms with E-state index in [-0.39, 0.29) is 0 Å². The van der Waals surface area contributed by atoms with Gasteiger partial charge in [0.15, 0.2) is 23.3 Å². The van der Waals surface area contributed by atoms with Crippen LogP contribution in [0.15, 0.2) is 168 Å². The lowest BCUT2D eigenvalue weighted by Gasteiger charge is -2.10. The molecular weight excluding hydrogens is 739 g/mol. The molecule has 266 valence electrons. The Morgan fingerprint density at radius 3 is 1.74 bits per heavy atom. The second kappa shape index (κ2) is 12.7. The first-order valence-electron chi connectivity index (χ1n) is 18.7. The summed E-state index contributed by atoms with van der Waals surface area (Å²) < 4.78 is 10.8. The van der Waals surface area contributed by atoms with Crippen LogP contribution >= 0.6 is 22.7 Å². The second-order valence-corrected chi connectivity index (χ2v) is 16.1. The van der Waals surface area contributed by atoms with Crippen molar-refractivity contribution >= 4 is 85.1 Å². The number of aromatic nitrogens is 5. The van der Waals surface area contributed by atoms with E-state index in [4.69, 9.17) is 29.3 Å². The molecule has 0 aliphatic carbocycles. The highest BCUT2D eigenvalue weighted by Gasteiger charge is 2.22. The van der Waals surface area contributed by atoms with Crippen LogP contribution in [0.3, 0.4) is 0 Å². The second-order valence-electron chi connectivity index (χ2n) is 14.0. The van der Waals surface area contributed by atoms with E-state index < -0.39 is 0 Å². The molecule has 5 aromatic heterocycles. The first-order chi connectivity index (χ1) is 28.2. The lowest BCUT2D eigenvalue weighted by molar-refractivity contribution is 0.669. The van der Waals surface area contributed by atoms with Crippen molar-refractivity contribution in [3.63, 3.8) is 0 Å². The highest BCUT2D eigenvalue weighted by atomic mass is 32.1. The zero-order valence-corrected chi connectivity index (χ0v) is 31.7. The van der Waals surface area contributed by atoms with Crippen LogP contribution in [-0.2, 0) is 0 Å². The maximum absolute atomic E-state index is 6.28. The molecule has 0 spiro atoms. The third-order valence-electron chi connectivity index (χ3n) is 10.6. The molecule has 0 radical (unpaired) electrons. The first-order valence-corrected chi connectivity index (χ1v) is 20.3. The van der Waals surface area contributed by atoms with Crippen molar-refractivity contribution in [1.82, 2.24) is 24.9 Å². The fourth-order valence-corrected chi connectivity index (χ4v) is 10.4. The van der Waals surface area contributed by atoms with Crippen molar-refractivity contribution in [3.05, 3.63) is 164 Å². The van der Waals surface area contributed by atoms with Crippen LogP contribution < -0.4 is 0 Å². The number of hydrogen-bond acceptors (Lipinski definition) is 8. The monoisotopic (exact) mass is 765 g/mol. The fraction of sp³-hybridized carbons (Fsp3) is 0. The number of rotatable bonds is 5. The normalized spacial score (nSPS) is 11.9. The Labute approximate surface area is 333 Å². The summed E-state index contributed by atoms with van der Waals surface area (Å²) in [6.07, 6.45) is 0. The molecule has 0 saturated heterocycles. The molecule has 7 aromatic carbocycles. The van der Waals surface area contributed by atoms with E-state index in [1.54, 1.807) is 22.7 Å². The SMILES string of the molecule is c1ccc(-c2nc(-c3cccc4oc5ccccc5c34)nc(-c3cccc4sc5c(-c6nc(-c7ccccc7)c7sc8ccccc8c7n6)cccc5c34)n2)cc1. The van der Waals surface area contributed by atoms with Crippen LogP contribution in [-0.4, -0.2) is 24.9 Å². The highest BCUT2D eigenvalue weighted by molar-refractivity contribution is 7.26. The van der Waals surface area contributed by atoms with E-state index in [2.05, 4.69) is 97.1 Å². The Balaban J connectivity index is 1.10. The van der Waals surface area contributed by atoms with Gasteiger partial charge in [0.25, 0.3) is 0 Å². The third kappa shape index (κ3) is 5.12. The smallest absolute Gasteiger partial charge is 0.164 e. The van der Waals surface area contributed by atoms with E-state index in [1.807, 2.05) is 66.7 Å². The molecule has 0 N–H and O–H groups in total. The Kier molecular flexibility index (Phi) is 7.17. The van der Waals surface area contributed by atoms with E-state index in [0.717, 1.165) is 91.2 Å². The molecule has 57 heavy (non-hydrogen) atoms. The molecule has 12 aromatic rings. The van der Waals surface area contributed by atoms with Crippen LogP contribution in [0.2, 0.25) is 0 Å². The van der Waals surface area contributed by atoms with Crippen LogP contribution in [0.25, 0.3) is 119 Å². The Hall–Kier alpha value is -7.13. The number of thiophene rings is 2. The van der Waals surface area contributed by atoms with Crippen LogP contribution in [0.5, 0.6) is 0 Å². The zero-order chi connectivity index (χ0) is 37.5. The van der Waals surface area contributed by atoms with Gasteiger partial charge >= 0.3 is 0 Å². The number of nitrogens with zero attached hydrogens (tertiary/aromatic N) is 5. The molecule has 0 amide bonds. The molecule has 6 nitrogen and oxygen atoms in total. The van der Waals surface area contributed by atoms with Crippen molar-refractivity contribution in [1.29, 1.82) is 0 Å². The van der Waals surface area contributed by atoms with Gasteiger partial charge < -0.3 is 4.42 Å². The molecule has 12 rings (SSSR count). The van der Waals surface area contributed by atoms with E-state index >= 15 is 0 Å². The molecule has 0 fully saturated rings. The molecule has 0 aliphatic rings. The van der Waals surface area contributed by atoms with Crippen molar-refractivity contribution in [2.45, 2.75) is 0 Å². The average Bonchev–Trinajstić information content (AvgIpc) is 3.98. The molecule has 0 aliphatic heterocycles. The van der Waals surface area contributed by atoms with Gasteiger partial charge in [-0.1, -0.05) is 133 Å². The van der Waals surface area contributed by atoms with Gasteiger partial charge in [0, 0.05) is 68.8 Å². The summed E-state index contributed by atoms with van der Waals surface area (Å²) in [4.78, 5) is 26.2. The van der Waals surface area contributed by atoms with Gasteiger partial charge in [0.1, 0.15) is 11.2 Å². The van der Waals surface area contributed by atoms with Gasteiger partial charge in [-0.25, -0.2) is 24.9 Å². The average molecular weight is 766 g/mol. The predicted octanol–water partition coefficient (Wildman–Crippen LogP) is 13.6. The molecule has 0 atom stereocenters. The summed E-state index contributed by atoms with van der Waals surface area (Å²) >= 11 is 3.50. The van der Waals surface area contributed by atoms with Crippen molar-refractivity contribution < 1.29 is 4.42 Å². The lowest BCUT2D eigenvalue weighted by Crippen LogP contribution is -2.00. The molecule has 0 saturated carbocycles. The van der Waals surface area contributed by atoms with Gasteiger partial charge in [-0.2, -0.15) is 0 Å². The van der Waals surface area contributed by atoms with E-state index in [9.17, 15) is 0 Å². The van der Waals surface area contributed by atoms with Gasteiger partial charge in [-0.05, 0) is 30.3 Å². The highest BCUT2D eigenvalue weighted by Crippen LogP contribution is 2.45. The number of fused-ring (bicyclic) bond motifs is 9. The van der Waals surface area contributed by atoms with E-state index in [0.29, 0.717) is 23.3 Å². The number of hydrogen-bond donors (Lipinski definition) is 0. The summed E-state index contributed by atoms with van der Waals surface area (Å²) in [6, 6.07) is 56.1. The third-order valence-corrected chi connectivity index (χ3v) is 13.0. The largest absolute Gasteiger partial charge is 0.456 e. The molecular formula is C49H27N5OS2. The first kappa shape index (κ1) is 32.1. The summed E-state index contributed by atoms with van der Waals surface area (Å²) in [5.41, 5.74) is 8.36. The quantitative estimate of drug-likeness (QED) is 0.174. The number of para-hydroxylation sites is 1.